The molecule has 0 N–H and O–H groups in total. The number of anilines is 1. The van der Waals surface area contributed by atoms with Crippen LogP contribution in [0.2, 0.25) is 0 Å². The Labute approximate surface area is 89.6 Å². The lowest BCUT2D eigenvalue weighted by Gasteiger charge is -2.21. The molecule has 2 rings (SSSR count). The second-order valence-electron chi connectivity index (χ2n) is 3.21. The van der Waals surface area contributed by atoms with Crippen molar-refractivity contribution in [3.05, 3.63) is 30.3 Å². The second-order valence-corrected chi connectivity index (χ2v) is 7.70. The van der Waals surface area contributed by atoms with Crippen LogP contribution >= 0.6 is 22.7 Å². The largest absolute Gasteiger partial charge is 0.387 e. The summed E-state index contributed by atoms with van der Waals surface area (Å²) < 4.78 is 2.28. The maximum atomic E-state index is 6.30. The minimum Gasteiger partial charge on any atom is -0.387 e. The van der Waals surface area contributed by atoms with E-state index in [0.717, 1.165) is 13.0 Å². The number of benzene rings is 1. The summed E-state index contributed by atoms with van der Waals surface area (Å²) in [6, 6.07) is 10.3. The molecular formula is C9H11Cl2NSi. The number of hydrogen-bond acceptors (Lipinski definition) is 1. The smallest absolute Gasteiger partial charge is 0.258 e. The highest BCUT2D eigenvalue weighted by Gasteiger charge is 2.33. The van der Waals surface area contributed by atoms with Gasteiger partial charge in [-0.3, -0.25) is 0 Å². The predicted molar refractivity (Wildman–Crippen MR) is 61.0 cm³/mol. The fourth-order valence-electron chi connectivity index (χ4n) is 1.61. The van der Waals surface area contributed by atoms with Gasteiger partial charge < -0.3 is 4.57 Å². The van der Waals surface area contributed by atoms with E-state index >= 15 is 0 Å². The number of rotatable bonds is 1. The minimum atomic E-state index is -1.41. The summed E-state index contributed by atoms with van der Waals surface area (Å²) in [6.07, 6.45) is 1.02. The lowest BCUT2D eigenvalue weighted by molar-refractivity contribution is 0.960. The Kier molecular flexibility index (Phi) is 2.82. The molecule has 0 spiro atoms. The Bertz CT molecular complexity index is 280. The van der Waals surface area contributed by atoms with Crippen molar-refractivity contribution in [2.45, 2.75) is 11.4 Å². The van der Waals surface area contributed by atoms with Crippen molar-refractivity contribution >= 4 is 36.6 Å². The van der Waals surface area contributed by atoms with Crippen molar-refractivity contribution in [1.82, 2.24) is 0 Å². The predicted octanol–water partition coefficient (Wildman–Crippen LogP) is 2.50. The standard InChI is InChI=1S/C9H11Cl2NSi/c10-9-6-7-12(13(9)11)8-4-2-1-3-5-8/h1-5,9,13H,6-7H2. The maximum absolute atomic E-state index is 6.30. The van der Waals surface area contributed by atoms with Crippen molar-refractivity contribution in [2.75, 3.05) is 11.1 Å². The molecule has 1 aliphatic heterocycles. The molecule has 0 radical (unpaired) electrons. The van der Waals surface area contributed by atoms with E-state index in [0.29, 0.717) is 0 Å². The number of halogens is 2. The molecule has 0 bridgehead atoms. The number of nitrogens with zero attached hydrogens (tertiary/aromatic N) is 1. The summed E-state index contributed by atoms with van der Waals surface area (Å²) in [5.74, 6) is 0. The van der Waals surface area contributed by atoms with Gasteiger partial charge >= 0.3 is 0 Å². The summed E-state index contributed by atoms with van der Waals surface area (Å²) in [7, 11) is -1.41. The Morgan fingerprint density at radius 3 is 2.54 bits per heavy atom. The SMILES string of the molecule is ClC1CCN(c2ccccc2)[SiH]1Cl. The molecule has 1 saturated heterocycles. The number of hydrogen-bond donors (Lipinski definition) is 0. The van der Waals surface area contributed by atoms with Crippen molar-refractivity contribution < 1.29 is 0 Å². The first kappa shape index (κ1) is 9.37. The first-order valence-electron chi connectivity index (χ1n) is 4.39. The van der Waals surface area contributed by atoms with Gasteiger partial charge in [0, 0.05) is 12.2 Å². The highest BCUT2D eigenvalue weighted by molar-refractivity contribution is 7.12. The molecule has 0 amide bonds. The Morgan fingerprint density at radius 2 is 2.00 bits per heavy atom. The van der Waals surface area contributed by atoms with Crippen molar-refractivity contribution in [3.8, 4) is 0 Å². The van der Waals surface area contributed by atoms with E-state index in [4.69, 9.17) is 22.7 Å². The van der Waals surface area contributed by atoms with Crippen LogP contribution in [0.3, 0.4) is 0 Å². The summed E-state index contributed by atoms with van der Waals surface area (Å²) in [4.78, 5) is 0. The van der Waals surface area contributed by atoms with E-state index in [1.807, 2.05) is 18.2 Å². The third-order valence-corrected chi connectivity index (χ3v) is 7.35. The molecule has 2 unspecified atom stereocenters. The summed E-state index contributed by atoms with van der Waals surface area (Å²) in [5.41, 5.74) is 1.22. The summed E-state index contributed by atoms with van der Waals surface area (Å²) in [5, 5.41) is 0.210. The van der Waals surface area contributed by atoms with Crippen LogP contribution in [0.1, 0.15) is 6.42 Å². The first-order chi connectivity index (χ1) is 6.29. The first-order valence-corrected chi connectivity index (χ1v) is 7.75. The van der Waals surface area contributed by atoms with Crippen LogP contribution in [0.4, 0.5) is 5.69 Å². The molecule has 1 nitrogen and oxygen atoms in total. The highest BCUT2D eigenvalue weighted by atomic mass is 35.6. The van der Waals surface area contributed by atoms with E-state index in [1.54, 1.807) is 0 Å². The molecule has 70 valence electrons. The number of para-hydroxylation sites is 1. The van der Waals surface area contributed by atoms with Gasteiger partial charge in [0.15, 0.2) is 0 Å². The van der Waals surface area contributed by atoms with Gasteiger partial charge in [-0.05, 0) is 18.6 Å². The van der Waals surface area contributed by atoms with Gasteiger partial charge in [0.05, 0.1) is 5.00 Å². The quantitative estimate of drug-likeness (QED) is 0.408. The van der Waals surface area contributed by atoms with Gasteiger partial charge in [0.25, 0.3) is 8.27 Å². The van der Waals surface area contributed by atoms with Crippen LogP contribution in [-0.2, 0) is 0 Å². The van der Waals surface area contributed by atoms with E-state index in [1.165, 1.54) is 5.69 Å². The zero-order valence-corrected chi connectivity index (χ0v) is 9.83. The van der Waals surface area contributed by atoms with Crippen molar-refractivity contribution in [1.29, 1.82) is 0 Å². The van der Waals surface area contributed by atoms with Gasteiger partial charge in [-0.1, -0.05) is 18.2 Å². The molecule has 1 aliphatic rings. The average Bonchev–Trinajstić information content (AvgIpc) is 2.49. The molecule has 2 atom stereocenters. The molecule has 1 fully saturated rings. The molecule has 1 aromatic rings. The van der Waals surface area contributed by atoms with E-state index in [-0.39, 0.29) is 5.00 Å². The molecule has 13 heavy (non-hydrogen) atoms. The molecule has 0 aliphatic carbocycles. The second kappa shape index (κ2) is 3.90. The molecule has 1 heterocycles. The van der Waals surface area contributed by atoms with E-state index < -0.39 is 8.27 Å². The van der Waals surface area contributed by atoms with Crippen LogP contribution in [0.5, 0.6) is 0 Å². The molecule has 1 aromatic carbocycles. The third-order valence-electron chi connectivity index (χ3n) is 2.33. The van der Waals surface area contributed by atoms with Gasteiger partial charge in [0.2, 0.25) is 0 Å². The fraction of sp³-hybridized carbons (Fsp3) is 0.333. The summed E-state index contributed by atoms with van der Waals surface area (Å²) >= 11 is 12.4. The number of alkyl halides is 1. The Balaban J connectivity index is 2.19. The highest BCUT2D eigenvalue weighted by Crippen LogP contribution is 2.27. The van der Waals surface area contributed by atoms with Gasteiger partial charge in [0.1, 0.15) is 0 Å². The lowest BCUT2D eigenvalue weighted by atomic mass is 10.3. The fourth-order valence-corrected chi connectivity index (χ4v) is 4.79. The van der Waals surface area contributed by atoms with Crippen molar-refractivity contribution in [3.63, 3.8) is 0 Å². The van der Waals surface area contributed by atoms with Crippen LogP contribution in [0, 0.1) is 0 Å². The zero-order valence-electron chi connectivity index (χ0n) is 7.16. The monoisotopic (exact) mass is 231 g/mol. The van der Waals surface area contributed by atoms with Crippen LogP contribution in [0.25, 0.3) is 0 Å². The maximum Gasteiger partial charge on any atom is 0.258 e. The van der Waals surface area contributed by atoms with E-state index in [2.05, 4.69) is 16.7 Å². The minimum absolute atomic E-state index is 0.210. The third kappa shape index (κ3) is 1.85. The molecule has 4 heteroatoms. The zero-order chi connectivity index (χ0) is 9.26. The van der Waals surface area contributed by atoms with Crippen LogP contribution in [-0.4, -0.2) is 19.8 Å². The molecular weight excluding hydrogens is 221 g/mol. The Hall–Kier alpha value is -0.183. The van der Waals surface area contributed by atoms with E-state index in [9.17, 15) is 0 Å². The topological polar surface area (TPSA) is 3.24 Å². The normalized spacial score (nSPS) is 28.0. The van der Waals surface area contributed by atoms with Crippen LogP contribution in [0.15, 0.2) is 30.3 Å². The van der Waals surface area contributed by atoms with Crippen LogP contribution < -0.4 is 4.57 Å². The van der Waals surface area contributed by atoms with Crippen molar-refractivity contribution in [2.24, 2.45) is 0 Å². The average molecular weight is 232 g/mol. The summed E-state index contributed by atoms with van der Waals surface area (Å²) in [6.45, 7) is 1.01. The lowest BCUT2D eigenvalue weighted by Crippen LogP contribution is -2.33. The van der Waals surface area contributed by atoms with Gasteiger partial charge in [-0.15, -0.1) is 22.7 Å². The van der Waals surface area contributed by atoms with Gasteiger partial charge in [-0.2, -0.15) is 0 Å². The Morgan fingerprint density at radius 1 is 1.31 bits per heavy atom. The molecule has 0 aromatic heterocycles. The van der Waals surface area contributed by atoms with Gasteiger partial charge in [-0.25, -0.2) is 0 Å². The molecule has 0 saturated carbocycles.